The van der Waals surface area contributed by atoms with Gasteiger partial charge in [0.15, 0.2) is 0 Å². The maximum absolute atomic E-state index is 11.8. The average Bonchev–Trinajstić information content (AvgIpc) is 3.13. The number of rotatable bonds is 3. The molecule has 2 rings (SSSR count). The molecule has 0 unspecified atom stereocenters. The van der Waals surface area contributed by atoms with Crippen LogP contribution in [0.2, 0.25) is 0 Å². The summed E-state index contributed by atoms with van der Waals surface area (Å²) in [5.41, 5.74) is 2.18. The molecule has 0 bridgehead atoms. The summed E-state index contributed by atoms with van der Waals surface area (Å²) in [6.45, 7) is 1.64. The Morgan fingerprint density at radius 2 is 2.17 bits per heavy atom. The fourth-order valence-electron chi connectivity index (χ4n) is 1.61. The Labute approximate surface area is 107 Å². The van der Waals surface area contributed by atoms with Crippen LogP contribution in [0.15, 0.2) is 18.2 Å². The summed E-state index contributed by atoms with van der Waals surface area (Å²) in [7, 11) is -3.22. The summed E-state index contributed by atoms with van der Waals surface area (Å²) in [6, 6.07) is 5.24. The third-order valence-electron chi connectivity index (χ3n) is 2.75. The molecular formula is C13H15NO3S. The molecule has 0 saturated heterocycles. The smallest absolute Gasteiger partial charge is 0.235 e. The molecule has 0 atom stereocenters. The second-order valence-corrected chi connectivity index (χ2v) is 6.30. The lowest BCUT2D eigenvalue weighted by Crippen LogP contribution is -2.17. The summed E-state index contributed by atoms with van der Waals surface area (Å²) in [5.74, 6) is 5.34. The van der Waals surface area contributed by atoms with Gasteiger partial charge in [0.2, 0.25) is 10.0 Å². The monoisotopic (exact) mass is 265 g/mol. The zero-order valence-electron chi connectivity index (χ0n) is 10.1. The van der Waals surface area contributed by atoms with Gasteiger partial charge < -0.3 is 5.11 Å². The maximum atomic E-state index is 11.8. The minimum Gasteiger partial charge on any atom is -0.384 e. The van der Waals surface area contributed by atoms with Crippen LogP contribution in [-0.4, -0.2) is 25.4 Å². The SMILES string of the molecule is Cc1cc(C#CCO)ccc1NS(=O)(=O)C1CC1. The van der Waals surface area contributed by atoms with E-state index in [1.807, 2.05) is 6.92 Å². The summed E-state index contributed by atoms with van der Waals surface area (Å²) in [5, 5.41) is 8.38. The molecule has 2 N–H and O–H groups in total. The first kappa shape index (κ1) is 12.9. The summed E-state index contributed by atoms with van der Waals surface area (Å²) < 4.78 is 26.2. The molecule has 1 saturated carbocycles. The summed E-state index contributed by atoms with van der Waals surface area (Å²) >= 11 is 0. The van der Waals surface area contributed by atoms with E-state index in [9.17, 15) is 8.42 Å². The number of aliphatic hydroxyl groups is 1. The third-order valence-corrected chi connectivity index (χ3v) is 4.61. The van der Waals surface area contributed by atoms with E-state index in [0.29, 0.717) is 5.69 Å². The van der Waals surface area contributed by atoms with E-state index in [1.54, 1.807) is 18.2 Å². The lowest BCUT2D eigenvalue weighted by molar-refractivity contribution is 0.350. The minimum atomic E-state index is -3.22. The van der Waals surface area contributed by atoms with Crippen LogP contribution >= 0.6 is 0 Å². The molecule has 5 heteroatoms. The Hall–Kier alpha value is -1.51. The Morgan fingerprint density at radius 3 is 2.72 bits per heavy atom. The van der Waals surface area contributed by atoms with Crippen LogP contribution in [0.25, 0.3) is 0 Å². The van der Waals surface area contributed by atoms with Crippen molar-refractivity contribution in [3.63, 3.8) is 0 Å². The molecule has 1 aromatic rings. The van der Waals surface area contributed by atoms with Crippen molar-refractivity contribution in [1.29, 1.82) is 0 Å². The molecule has 0 radical (unpaired) electrons. The van der Waals surface area contributed by atoms with E-state index < -0.39 is 10.0 Å². The van der Waals surface area contributed by atoms with Crippen molar-refractivity contribution in [2.75, 3.05) is 11.3 Å². The number of hydrogen-bond acceptors (Lipinski definition) is 3. The van der Waals surface area contributed by atoms with E-state index in [2.05, 4.69) is 16.6 Å². The minimum absolute atomic E-state index is 0.185. The van der Waals surface area contributed by atoms with Crippen LogP contribution in [-0.2, 0) is 10.0 Å². The number of anilines is 1. The largest absolute Gasteiger partial charge is 0.384 e. The Morgan fingerprint density at radius 1 is 1.44 bits per heavy atom. The van der Waals surface area contributed by atoms with E-state index in [1.165, 1.54) is 0 Å². The fourth-order valence-corrected chi connectivity index (χ4v) is 3.07. The van der Waals surface area contributed by atoms with E-state index >= 15 is 0 Å². The molecule has 0 heterocycles. The number of nitrogens with one attached hydrogen (secondary N) is 1. The van der Waals surface area contributed by atoms with Gasteiger partial charge in [-0.25, -0.2) is 8.42 Å². The first-order valence-electron chi connectivity index (χ1n) is 5.75. The number of benzene rings is 1. The molecule has 1 fully saturated rings. The van der Waals surface area contributed by atoms with Gasteiger partial charge in [-0.05, 0) is 43.5 Å². The highest BCUT2D eigenvalue weighted by Gasteiger charge is 2.35. The van der Waals surface area contributed by atoms with Crippen molar-refractivity contribution in [1.82, 2.24) is 0 Å². The number of aryl methyl sites for hydroxylation is 1. The maximum Gasteiger partial charge on any atom is 0.235 e. The van der Waals surface area contributed by atoms with Crippen LogP contribution in [0.5, 0.6) is 0 Å². The molecule has 0 aliphatic heterocycles. The lowest BCUT2D eigenvalue weighted by atomic mass is 10.1. The normalized spacial score (nSPS) is 14.8. The van der Waals surface area contributed by atoms with Crippen LogP contribution in [0.1, 0.15) is 24.0 Å². The molecule has 0 amide bonds. The van der Waals surface area contributed by atoms with Gasteiger partial charge in [-0.1, -0.05) is 11.8 Å². The third kappa shape index (κ3) is 3.03. The van der Waals surface area contributed by atoms with Gasteiger partial charge in [0, 0.05) is 5.56 Å². The van der Waals surface area contributed by atoms with E-state index in [4.69, 9.17) is 5.11 Å². The number of aliphatic hydroxyl groups excluding tert-OH is 1. The van der Waals surface area contributed by atoms with Crippen molar-refractivity contribution in [2.24, 2.45) is 0 Å². The Balaban J connectivity index is 2.19. The predicted molar refractivity (Wildman–Crippen MR) is 70.7 cm³/mol. The molecule has 18 heavy (non-hydrogen) atoms. The summed E-state index contributed by atoms with van der Waals surface area (Å²) in [4.78, 5) is 0. The van der Waals surface area contributed by atoms with Crippen molar-refractivity contribution >= 4 is 15.7 Å². The second-order valence-electron chi connectivity index (χ2n) is 4.34. The van der Waals surface area contributed by atoms with Crippen LogP contribution in [0.4, 0.5) is 5.69 Å². The van der Waals surface area contributed by atoms with E-state index in [-0.39, 0.29) is 11.9 Å². The zero-order valence-corrected chi connectivity index (χ0v) is 10.9. The van der Waals surface area contributed by atoms with E-state index in [0.717, 1.165) is 24.0 Å². The van der Waals surface area contributed by atoms with Crippen molar-refractivity contribution in [2.45, 2.75) is 25.0 Å². The Kier molecular flexibility index (Phi) is 3.60. The molecule has 1 aliphatic carbocycles. The van der Waals surface area contributed by atoms with Gasteiger partial charge in [-0.3, -0.25) is 4.72 Å². The topological polar surface area (TPSA) is 66.4 Å². The standard InChI is InChI=1S/C13H15NO3S/c1-10-9-11(3-2-8-15)4-7-13(10)14-18(16,17)12-5-6-12/h4,7,9,12,14-15H,5-6,8H2,1H3. The van der Waals surface area contributed by atoms with Gasteiger partial charge >= 0.3 is 0 Å². The van der Waals surface area contributed by atoms with Crippen LogP contribution in [0, 0.1) is 18.8 Å². The number of sulfonamides is 1. The molecule has 0 spiro atoms. The van der Waals surface area contributed by atoms with Crippen molar-refractivity contribution in [3.8, 4) is 11.8 Å². The molecule has 1 aliphatic rings. The van der Waals surface area contributed by atoms with Crippen molar-refractivity contribution < 1.29 is 13.5 Å². The zero-order chi connectivity index (χ0) is 13.2. The fraction of sp³-hybridized carbons (Fsp3) is 0.385. The van der Waals surface area contributed by atoms with Gasteiger partial charge in [0.05, 0.1) is 10.9 Å². The van der Waals surface area contributed by atoms with Gasteiger partial charge in [0.25, 0.3) is 0 Å². The molecule has 96 valence electrons. The van der Waals surface area contributed by atoms with Gasteiger partial charge in [0.1, 0.15) is 6.61 Å². The molecular weight excluding hydrogens is 250 g/mol. The van der Waals surface area contributed by atoms with Crippen LogP contribution in [0.3, 0.4) is 0 Å². The van der Waals surface area contributed by atoms with Crippen LogP contribution < -0.4 is 4.72 Å². The predicted octanol–water partition coefficient (Wildman–Crippen LogP) is 1.24. The molecule has 4 nitrogen and oxygen atoms in total. The first-order chi connectivity index (χ1) is 8.53. The van der Waals surface area contributed by atoms with Crippen molar-refractivity contribution in [3.05, 3.63) is 29.3 Å². The Bertz CT molecular complexity index is 607. The summed E-state index contributed by atoms with van der Waals surface area (Å²) in [6.07, 6.45) is 1.49. The van der Waals surface area contributed by atoms with Gasteiger partial charge in [-0.15, -0.1) is 0 Å². The highest BCUT2D eigenvalue weighted by atomic mass is 32.2. The number of hydrogen-bond donors (Lipinski definition) is 2. The highest BCUT2D eigenvalue weighted by molar-refractivity contribution is 7.93. The second kappa shape index (κ2) is 5.01. The lowest BCUT2D eigenvalue weighted by Gasteiger charge is -2.09. The molecule has 1 aromatic carbocycles. The highest BCUT2D eigenvalue weighted by Crippen LogP contribution is 2.30. The average molecular weight is 265 g/mol. The first-order valence-corrected chi connectivity index (χ1v) is 7.29. The quantitative estimate of drug-likeness (QED) is 0.808. The molecule has 0 aromatic heterocycles. The van der Waals surface area contributed by atoms with Gasteiger partial charge in [-0.2, -0.15) is 0 Å².